The number of carbonyl (C=O) groups excluding carboxylic acids is 1. The van der Waals surface area contributed by atoms with Crippen LogP contribution >= 0.6 is 0 Å². The maximum Gasteiger partial charge on any atom is 0.227 e. The Bertz CT molecular complexity index is 258. The second kappa shape index (κ2) is 5.83. The number of nitrogens with zero attached hydrogens (tertiary/aromatic N) is 1. The summed E-state index contributed by atoms with van der Waals surface area (Å²) in [6, 6.07) is 0.933. The molecular weight excluding hydrogens is 216 g/mol. The van der Waals surface area contributed by atoms with Gasteiger partial charge in [-0.15, -0.1) is 0 Å². The zero-order valence-corrected chi connectivity index (χ0v) is 10.7. The van der Waals surface area contributed by atoms with Crippen LogP contribution in [0.15, 0.2) is 0 Å². The first kappa shape index (κ1) is 12.8. The third kappa shape index (κ3) is 2.99. The molecule has 2 unspecified atom stereocenters. The van der Waals surface area contributed by atoms with Crippen molar-refractivity contribution in [1.82, 2.24) is 10.2 Å². The third-order valence-corrected chi connectivity index (χ3v) is 4.15. The van der Waals surface area contributed by atoms with Crippen molar-refractivity contribution in [3.05, 3.63) is 0 Å². The average molecular weight is 240 g/mol. The molecule has 2 rings (SSSR count). The lowest BCUT2D eigenvalue weighted by Crippen LogP contribution is -2.51. The van der Waals surface area contributed by atoms with E-state index in [1.54, 1.807) is 0 Å². The van der Waals surface area contributed by atoms with E-state index in [1.807, 2.05) is 4.90 Å². The van der Waals surface area contributed by atoms with E-state index in [2.05, 4.69) is 12.2 Å². The minimum Gasteiger partial charge on any atom is -0.395 e. The average Bonchev–Trinajstić information content (AvgIpc) is 2.26. The van der Waals surface area contributed by atoms with Crippen molar-refractivity contribution in [3.8, 4) is 0 Å². The van der Waals surface area contributed by atoms with Gasteiger partial charge >= 0.3 is 0 Å². The van der Waals surface area contributed by atoms with Crippen molar-refractivity contribution in [2.75, 3.05) is 19.7 Å². The lowest BCUT2D eigenvalue weighted by Gasteiger charge is -2.40. The highest BCUT2D eigenvalue weighted by molar-refractivity contribution is 5.79. The number of hydrogen-bond acceptors (Lipinski definition) is 3. The molecule has 0 aromatic rings. The van der Waals surface area contributed by atoms with E-state index in [9.17, 15) is 4.79 Å². The minimum absolute atomic E-state index is 0.0821. The van der Waals surface area contributed by atoms with Gasteiger partial charge in [0.25, 0.3) is 0 Å². The molecule has 2 aliphatic rings. The van der Waals surface area contributed by atoms with Crippen molar-refractivity contribution in [3.63, 3.8) is 0 Å². The highest BCUT2D eigenvalue weighted by atomic mass is 16.3. The van der Waals surface area contributed by atoms with Gasteiger partial charge in [-0.1, -0.05) is 0 Å². The first-order chi connectivity index (χ1) is 8.22. The Hall–Kier alpha value is -0.610. The van der Waals surface area contributed by atoms with Gasteiger partial charge in [0.15, 0.2) is 0 Å². The van der Waals surface area contributed by atoms with Crippen LogP contribution in [0.4, 0.5) is 0 Å². The van der Waals surface area contributed by atoms with Crippen molar-refractivity contribution in [2.45, 2.75) is 51.1 Å². The summed E-state index contributed by atoms with van der Waals surface area (Å²) in [5.74, 6) is 0.376. The second-order valence-corrected chi connectivity index (χ2v) is 5.42. The predicted molar refractivity (Wildman–Crippen MR) is 66.6 cm³/mol. The van der Waals surface area contributed by atoms with Crippen LogP contribution in [0.25, 0.3) is 0 Å². The quantitative estimate of drug-likeness (QED) is 0.762. The third-order valence-electron chi connectivity index (χ3n) is 4.15. The number of carbonyl (C=O) groups is 1. The van der Waals surface area contributed by atoms with E-state index >= 15 is 0 Å². The molecule has 4 heteroatoms. The standard InChI is InChI=1S/C13H24N2O2/c1-10-5-6-11(9-14-10)13(17)15(7-8-16)12-3-2-4-12/h10-12,14,16H,2-9H2,1H3. The zero-order valence-electron chi connectivity index (χ0n) is 10.7. The maximum absolute atomic E-state index is 12.4. The van der Waals surface area contributed by atoms with Gasteiger partial charge in [0, 0.05) is 25.2 Å². The number of rotatable bonds is 4. The molecule has 0 aromatic heterocycles. The molecule has 2 fully saturated rings. The first-order valence-electron chi connectivity index (χ1n) is 6.87. The normalized spacial score (nSPS) is 29.8. The Labute approximate surface area is 103 Å². The molecule has 4 nitrogen and oxygen atoms in total. The summed E-state index contributed by atoms with van der Waals surface area (Å²) in [5, 5.41) is 12.5. The summed E-state index contributed by atoms with van der Waals surface area (Å²) in [6.07, 6.45) is 5.51. The lowest BCUT2D eigenvalue weighted by atomic mass is 9.88. The van der Waals surface area contributed by atoms with E-state index in [-0.39, 0.29) is 18.4 Å². The van der Waals surface area contributed by atoms with Crippen LogP contribution < -0.4 is 5.32 Å². The highest BCUT2D eigenvalue weighted by Crippen LogP contribution is 2.27. The number of nitrogens with one attached hydrogen (secondary N) is 1. The number of amides is 1. The summed E-state index contributed by atoms with van der Waals surface area (Å²) in [5.41, 5.74) is 0. The number of piperidine rings is 1. The molecule has 1 saturated heterocycles. The van der Waals surface area contributed by atoms with Crippen LogP contribution in [0, 0.1) is 5.92 Å². The molecule has 0 aromatic carbocycles. The zero-order chi connectivity index (χ0) is 12.3. The predicted octanol–water partition coefficient (Wildman–Crippen LogP) is 0.748. The molecule has 2 atom stereocenters. The van der Waals surface area contributed by atoms with Crippen molar-refractivity contribution in [1.29, 1.82) is 0 Å². The molecule has 0 radical (unpaired) electrons. The minimum atomic E-state index is 0.0821. The van der Waals surface area contributed by atoms with Crippen LogP contribution in [-0.2, 0) is 4.79 Å². The molecule has 1 saturated carbocycles. The van der Waals surface area contributed by atoms with Crippen molar-refractivity contribution >= 4 is 5.91 Å². The lowest BCUT2D eigenvalue weighted by molar-refractivity contribution is -0.141. The fraction of sp³-hybridized carbons (Fsp3) is 0.923. The van der Waals surface area contributed by atoms with Gasteiger partial charge in [-0.3, -0.25) is 4.79 Å². The Morgan fingerprint density at radius 1 is 1.35 bits per heavy atom. The molecule has 17 heavy (non-hydrogen) atoms. The molecule has 0 spiro atoms. The fourth-order valence-corrected chi connectivity index (χ4v) is 2.72. The van der Waals surface area contributed by atoms with Gasteiger partial charge in [0.05, 0.1) is 12.5 Å². The summed E-state index contributed by atoms with van der Waals surface area (Å²) in [7, 11) is 0. The Morgan fingerprint density at radius 2 is 2.12 bits per heavy atom. The Kier molecular flexibility index (Phi) is 4.40. The number of hydrogen-bond donors (Lipinski definition) is 2. The van der Waals surface area contributed by atoms with E-state index in [0.29, 0.717) is 18.6 Å². The molecule has 0 bridgehead atoms. The Balaban J connectivity index is 1.90. The number of aliphatic hydroxyl groups excluding tert-OH is 1. The van der Waals surface area contributed by atoms with Crippen LogP contribution in [0.1, 0.15) is 39.0 Å². The van der Waals surface area contributed by atoms with E-state index < -0.39 is 0 Å². The molecule has 2 N–H and O–H groups in total. The SMILES string of the molecule is CC1CCC(C(=O)N(CCO)C2CCC2)CN1. The van der Waals surface area contributed by atoms with Crippen molar-refractivity contribution in [2.24, 2.45) is 5.92 Å². The van der Waals surface area contributed by atoms with Crippen LogP contribution in [0.5, 0.6) is 0 Å². The Morgan fingerprint density at radius 3 is 2.59 bits per heavy atom. The van der Waals surface area contributed by atoms with Crippen LogP contribution in [0.3, 0.4) is 0 Å². The van der Waals surface area contributed by atoms with Gasteiger partial charge in [-0.05, 0) is 39.0 Å². The number of aliphatic hydroxyl groups is 1. The fourth-order valence-electron chi connectivity index (χ4n) is 2.72. The molecular formula is C13H24N2O2. The summed E-state index contributed by atoms with van der Waals surface area (Å²) in [4.78, 5) is 14.3. The van der Waals surface area contributed by atoms with Crippen LogP contribution in [-0.4, -0.2) is 47.7 Å². The molecule has 1 aliphatic carbocycles. The molecule has 1 heterocycles. The first-order valence-corrected chi connectivity index (χ1v) is 6.87. The largest absolute Gasteiger partial charge is 0.395 e. The van der Waals surface area contributed by atoms with E-state index in [0.717, 1.165) is 32.2 Å². The van der Waals surface area contributed by atoms with E-state index in [4.69, 9.17) is 5.11 Å². The van der Waals surface area contributed by atoms with Gasteiger partial charge in [-0.2, -0.15) is 0 Å². The smallest absolute Gasteiger partial charge is 0.227 e. The molecule has 1 amide bonds. The monoisotopic (exact) mass is 240 g/mol. The van der Waals surface area contributed by atoms with Gasteiger partial charge in [0.2, 0.25) is 5.91 Å². The summed E-state index contributed by atoms with van der Waals surface area (Å²) < 4.78 is 0. The van der Waals surface area contributed by atoms with Crippen molar-refractivity contribution < 1.29 is 9.90 Å². The topological polar surface area (TPSA) is 52.6 Å². The van der Waals surface area contributed by atoms with Gasteiger partial charge < -0.3 is 15.3 Å². The maximum atomic E-state index is 12.4. The summed E-state index contributed by atoms with van der Waals surface area (Å²) >= 11 is 0. The van der Waals surface area contributed by atoms with Gasteiger partial charge in [-0.25, -0.2) is 0 Å². The van der Waals surface area contributed by atoms with Gasteiger partial charge in [0.1, 0.15) is 0 Å². The van der Waals surface area contributed by atoms with E-state index in [1.165, 1.54) is 6.42 Å². The summed E-state index contributed by atoms with van der Waals surface area (Å²) in [6.45, 7) is 3.56. The molecule has 98 valence electrons. The second-order valence-electron chi connectivity index (χ2n) is 5.42. The molecule has 1 aliphatic heterocycles. The highest BCUT2D eigenvalue weighted by Gasteiger charge is 2.33. The van der Waals surface area contributed by atoms with Crippen LogP contribution in [0.2, 0.25) is 0 Å².